The normalized spacial score (nSPS) is 23.8. The zero-order valence-electron chi connectivity index (χ0n) is 20.7. The summed E-state index contributed by atoms with van der Waals surface area (Å²) in [6.07, 6.45) is 3.24. The molecule has 3 fully saturated rings. The molecule has 1 aliphatic carbocycles. The molecule has 2 aromatic carbocycles. The maximum atomic E-state index is 12.7. The van der Waals surface area contributed by atoms with E-state index in [-0.39, 0.29) is 35.9 Å². The first-order chi connectivity index (χ1) is 17.3. The average Bonchev–Trinajstić information content (AvgIpc) is 3.24. The fourth-order valence-corrected chi connectivity index (χ4v) is 5.61. The molecule has 1 saturated carbocycles. The number of hydrogen-bond donors (Lipinski definition) is 1. The zero-order valence-corrected chi connectivity index (χ0v) is 20.7. The van der Waals surface area contributed by atoms with E-state index in [4.69, 9.17) is 14.0 Å². The lowest BCUT2D eigenvalue weighted by atomic mass is 9.63. The predicted molar refractivity (Wildman–Crippen MR) is 132 cm³/mol. The van der Waals surface area contributed by atoms with Gasteiger partial charge in [0.05, 0.1) is 30.7 Å². The highest BCUT2D eigenvalue weighted by Gasteiger charge is 2.51. The molecule has 1 N–H and O–H groups in total. The van der Waals surface area contributed by atoms with Crippen LogP contribution in [0.15, 0.2) is 59.1 Å². The van der Waals surface area contributed by atoms with Crippen molar-refractivity contribution in [1.82, 2.24) is 5.16 Å². The van der Waals surface area contributed by atoms with Crippen LogP contribution in [0.4, 0.5) is 0 Å². The van der Waals surface area contributed by atoms with Gasteiger partial charge in [-0.25, -0.2) is 0 Å². The highest BCUT2D eigenvalue weighted by atomic mass is 16.5. The van der Waals surface area contributed by atoms with Crippen LogP contribution in [-0.4, -0.2) is 28.8 Å². The third kappa shape index (κ3) is 4.67. The van der Waals surface area contributed by atoms with Gasteiger partial charge < -0.3 is 19.1 Å². The number of carbonyl (C=O) groups is 2. The zero-order chi connectivity index (χ0) is 25.3. The van der Waals surface area contributed by atoms with Crippen molar-refractivity contribution in [1.29, 1.82) is 0 Å². The van der Waals surface area contributed by atoms with Crippen molar-refractivity contribution in [2.24, 2.45) is 5.41 Å². The van der Waals surface area contributed by atoms with Crippen molar-refractivity contribution in [3.05, 3.63) is 77.0 Å². The molecule has 6 rings (SSSR count). The summed E-state index contributed by atoms with van der Waals surface area (Å²) >= 11 is 0. The molecule has 1 aromatic heterocycles. The van der Waals surface area contributed by atoms with Crippen LogP contribution < -0.4 is 0 Å². The molecule has 0 radical (unpaired) electrons. The van der Waals surface area contributed by atoms with Crippen molar-refractivity contribution in [3.8, 4) is 11.3 Å². The van der Waals surface area contributed by atoms with Gasteiger partial charge in [-0.15, -0.1) is 0 Å². The summed E-state index contributed by atoms with van der Waals surface area (Å²) in [5.74, 6) is -0.527. The van der Waals surface area contributed by atoms with Gasteiger partial charge in [-0.1, -0.05) is 59.8 Å². The number of carbonyl (C=O) groups excluding carboxylic acids is 1. The Balaban J connectivity index is 1.29. The summed E-state index contributed by atoms with van der Waals surface area (Å²) in [6.45, 7) is 4.16. The molecule has 0 unspecified atom stereocenters. The quantitative estimate of drug-likeness (QED) is 0.402. The van der Waals surface area contributed by atoms with Crippen molar-refractivity contribution < 1.29 is 28.7 Å². The topological polar surface area (TPSA) is 98.9 Å². The lowest BCUT2D eigenvalue weighted by Crippen LogP contribution is -2.50. The second kappa shape index (κ2) is 9.54. The number of ether oxygens (including phenoxy) is 2. The number of aliphatic carboxylic acids is 1. The Morgan fingerprint density at radius 3 is 2.36 bits per heavy atom. The fraction of sp³-hybridized carbons (Fsp3) is 0.414. The van der Waals surface area contributed by atoms with Gasteiger partial charge >= 0.3 is 11.9 Å². The molecule has 0 spiro atoms. The molecule has 7 heteroatoms. The van der Waals surface area contributed by atoms with Crippen LogP contribution in [0.1, 0.15) is 67.5 Å². The first kappa shape index (κ1) is 24.3. The summed E-state index contributed by atoms with van der Waals surface area (Å²) in [6, 6.07) is 17.7. The largest absolute Gasteiger partial charge is 0.481 e. The minimum atomic E-state index is -0.756. The second-order valence-corrected chi connectivity index (χ2v) is 10.2. The molecule has 2 aliphatic heterocycles. The van der Waals surface area contributed by atoms with E-state index in [1.165, 1.54) is 0 Å². The highest BCUT2D eigenvalue weighted by Crippen LogP contribution is 2.55. The molecule has 1 atom stereocenters. The molecule has 3 aromatic rings. The van der Waals surface area contributed by atoms with E-state index < -0.39 is 5.97 Å². The number of fused-ring (bicyclic) bond motifs is 3. The van der Waals surface area contributed by atoms with Gasteiger partial charge in [0.2, 0.25) is 0 Å². The van der Waals surface area contributed by atoms with E-state index in [0.717, 1.165) is 47.9 Å². The fourth-order valence-electron chi connectivity index (χ4n) is 5.61. The van der Waals surface area contributed by atoms with Crippen LogP contribution in [0, 0.1) is 12.3 Å². The van der Waals surface area contributed by atoms with E-state index >= 15 is 0 Å². The van der Waals surface area contributed by atoms with Crippen LogP contribution in [0.25, 0.3) is 11.3 Å². The van der Waals surface area contributed by atoms with Crippen LogP contribution in [0.3, 0.4) is 0 Å². The Morgan fingerprint density at radius 2 is 1.75 bits per heavy atom. The molecular formula is C29H31NO6. The Labute approximate surface area is 210 Å². The third-order valence-corrected chi connectivity index (χ3v) is 7.86. The van der Waals surface area contributed by atoms with Crippen LogP contribution in [0.5, 0.6) is 0 Å². The SMILES string of the molecule is Cc1noc(-c2ccc(C34CCC(CC(=O)O)(CC3)CO4)cc2)c1CC(=O)O[C@H](C)c1ccccc1. The number of aryl methyl sites for hydroxylation is 1. The van der Waals surface area contributed by atoms with Gasteiger partial charge in [0, 0.05) is 16.5 Å². The molecule has 3 heterocycles. The van der Waals surface area contributed by atoms with E-state index in [1.807, 2.05) is 68.4 Å². The van der Waals surface area contributed by atoms with Gasteiger partial charge in [0.25, 0.3) is 0 Å². The number of aromatic nitrogens is 1. The molecule has 3 aliphatic rings. The minimum absolute atomic E-state index is 0.0717. The minimum Gasteiger partial charge on any atom is -0.481 e. The molecule has 36 heavy (non-hydrogen) atoms. The maximum Gasteiger partial charge on any atom is 0.311 e. The number of carboxylic acids is 1. The molecule has 188 valence electrons. The lowest BCUT2D eigenvalue weighted by molar-refractivity contribution is -0.195. The standard InChI is InChI=1S/C29H31NO6/c1-19-24(16-26(33)35-20(2)21-6-4-3-5-7-21)27(36-30-19)22-8-10-23(11-9-22)29-14-12-28(13-15-29,18-34-29)17-25(31)32/h3-11,20H,12-18H2,1-2H3,(H,31,32)/t20-,28?,29?/m1/s1. The number of hydrogen-bond acceptors (Lipinski definition) is 6. The first-order valence-corrected chi connectivity index (χ1v) is 12.5. The second-order valence-electron chi connectivity index (χ2n) is 10.2. The Bertz CT molecular complexity index is 1220. The summed E-state index contributed by atoms with van der Waals surface area (Å²) < 4.78 is 17.6. The van der Waals surface area contributed by atoms with Crippen molar-refractivity contribution in [2.75, 3.05) is 6.61 Å². The third-order valence-electron chi connectivity index (χ3n) is 7.86. The van der Waals surface area contributed by atoms with Crippen molar-refractivity contribution >= 4 is 11.9 Å². The number of rotatable bonds is 8. The number of carboxylic acid groups (broad SMARTS) is 1. The monoisotopic (exact) mass is 489 g/mol. The molecule has 2 saturated heterocycles. The summed E-state index contributed by atoms with van der Waals surface area (Å²) in [4.78, 5) is 24.0. The van der Waals surface area contributed by atoms with E-state index in [9.17, 15) is 14.7 Å². The Morgan fingerprint density at radius 1 is 1.06 bits per heavy atom. The molecule has 7 nitrogen and oxygen atoms in total. The van der Waals surface area contributed by atoms with Gasteiger partial charge in [0.1, 0.15) is 6.10 Å². The maximum absolute atomic E-state index is 12.7. The smallest absolute Gasteiger partial charge is 0.311 e. The van der Waals surface area contributed by atoms with Gasteiger partial charge in [0.15, 0.2) is 5.76 Å². The Hall–Kier alpha value is -3.45. The highest BCUT2D eigenvalue weighted by molar-refractivity contribution is 5.77. The van der Waals surface area contributed by atoms with Crippen molar-refractivity contribution in [2.45, 2.75) is 64.1 Å². The van der Waals surface area contributed by atoms with Gasteiger partial charge in [-0.2, -0.15) is 0 Å². The van der Waals surface area contributed by atoms with Gasteiger partial charge in [-0.3, -0.25) is 9.59 Å². The molecule has 2 bridgehead atoms. The van der Waals surface area contributed by atoms with Crippen molar-refractivity contribution in [3.63, 3.8) is 0 Å². The van der Waals surface area contributed by atoms with E-state index in [1.54, 1.807) is 0 Å². The number of esters is 1. The molecular weight excluding hydrogens is 458 g/mol. The number of benzene rings is 2. The van der Waals surface area contributed by atoms with Crippen LogP contribution in [0.2, 0.25) is 0 Å². The van der Waals surface area contributed by atoms with E-state index in [2.05, 4.69) is 5.16 Å². The average molecular weight is 490 g/mol. The van der Waals surface area contributed by atoms with Crippen LogP contribution in [-0.2, 0) is 31.1 Å². The summed E-state index contributed by atoms with van der Waals surface area (Å²) in [7, 11) is 0. The van der Waals surface area contributed by atoms with Gasteiger partial charge in [-0.05, 0) is 50.7 Å². The van der Waals surface area contributed by atoms with Crippen LogP contribution >= 0.6 is 0 Å². The summed E-state index contributed by atoms with van der Waals surface area (Å²) in [5.41, 5.74) is 3.65. The predicted octanol–water partition coefficient (Wildman–Crippen LogP) is 5.76. The first-order valence-electron chi connectivity index (χ1n) is 12.5. The summed E-state index contributed by atoms with van der Waals surface area (Å²) in [5, 5.41) is 13.4. The lowest BCUT2D eigenvalue weighted by Gasteiger charge is -2.53. The molecule has 0 amide bonds. The number of nitrogens with zero attached hydrogens (tertiary/aromatic N) is 1. The van der Waals surface area contributed by atoms with E-state index in [0.29, 0.717) is 18.1 Å². The Kier molecular flexibility index (Phi) is 6.43.